The minimum absolute atomic E-state index is 0.143. The minimum atomic E-state index is -0.143. The summed E-state index contributed by atoms with van der Waals surface area (Å²) >= 11 is 0. The van der Waals surface area contributed by atoms with Crippen molar-refractivity contribution in [3.05, 3.63) is 11.6 Å². The first-order valence-corrected chi connectivity index (χ1v) is 9.37. The number of esters is 1. The van der Waals surface area contributed by atoms with Gasteiger partial charge in [0.05, 0.1) is 12.0 Å². The van der Waals surface area contributed by atoms with Gasteiger partial charge in [0.2, 0.25) is 0 Å². The molecule has 3 saturated carbocycles. The van der Waals surface area contributed by atoms with Gasteiger partial charge < -0.3 is 4.74 Å². The fraction of sp³-hybridized carbons (Fsp3) is 0.850. The molecule has 0 aromatic carbocycles. The molecule has 22 heavy (non-hydrogen) atoms. The Morgan fingerprint density at radius 3 is 2.86 bits per heavy atom. The van der Waals surface area contributed by atoms with Crippen LogP contribution in [0.4, 0.5) is 0 Å². The van der Waals surface area contributed by atoms with Crippen LogP contribution in [0.3, 0.4) is 0 Å². The van der Waals surface area contributed by atoms with E-state index in [2.05, 4.69) is 19.9 Å². The molecule has 5 aliphatic rings. The van der Waals surface area contributed by atoms with Crippen molar-refractivity contribution < 1.29 is 9.53 Å². The Bertz CT molecular complexity index is 578. The Kier molecular flexibility index (Phi) is 2.47. The first kappa shape index (κ1) is 13.6. The van der Waals surface area contributed by atoms with Gasteiger partial charge in [-0.25, -0.2) is 0 Å². The lowest BCUT2D eigenvalue weighted by atomic mass is 9.39. The summed E-state index contributed by atoms with van der Waals surface area (Å²) in [5.74, 6) is 2.12. The maximum absolute atomic E-state index is 13.1. The monoisotopic (exact) mass is 300 g/mol. The molecule has 6 atom stereocenters. The van der Waals surface area contributed by atoms with Crippen LogP contribution >= 0.6 is 0 Å². The SMILES string of the molecule is CC1=C[C@@]23CC[C@@H]4[C@]5(C)CCC[C@@]4(C(=O)OC5)[C@@H]2CC[C@@H]1C3. The van der Waals surface area contributed by atoms with Gasteiger partial charge in [0.1, 0.15) is 0 Å². The highest BCUT2D eigenvalue weighted by Gasteiger charge is 2.69. The van der Waals surface area contributed by atoms with Crippen molar-refractivity contribution in [2.75, 3.05) is 6.61 Å². The minimum Gasteiger partial charge on any atom is -0.465 e. The molecule has 4 aliphatic carbocycles. The molecule has 0 unspecified atom stereocenters. The second kappa shape index (κ2) is 3.99. The van der Waals surface area contributed by atoms with Gasteiger partial charge in [0.15, 0.2) is 0 Å². The Balaban J connectivity index is 1.67. The number of allylic oxidation sites excluding steroid dienone is 2. The van der Waals surface area contributed by atoms with Crippen molar-refractivity contribution in [3.63, 3.8) is 0 Å². The van der Waals surface area contributed by atoms with E-state index in [4.69, 9.17) is 4.74 Å². The lowest BCUT2D eigenvalue weighted by Crippen LogP contribution is -2.65. The number of carbonyl (C=O) groups is 1. The number of hydrogen-bond donors (Lipinski definition) is 0. The average Bonchev–Trinajstić information content (AvgIpc) is 2.73. The smallest absolute Gasteiger partial charge is 0.312 e. The Hall–Kier alpha value is -0.790. The molecule has 0 N–H and O–H groups in total. The quantitative estimate of drug-likeness (QED) is 0.486. The van der Waals surface area contributed by atoms with Gasteiger partial charge >= 0.3 is 5.97 Å². The highest BCUT2D eigenvalue weighted by Crippen LogP contribution is 2.72. The van der Waals surface area contributed by atoms with Crippen LogP contribution in [-0.2, 0) is 9.53 Å². The molecule has 0 aromatic heterocycles. The van der Waals surface area contributed by atoms with E-state index >= 15 is 0 Å². The lowest BCUT2D eigenvalue weighted by Gasteiger charge is -2.65. The second-order valence-corrected chi connectivity index (χ2v) is 9.37. The average molecular weight is 300 g/mol. The van der Waals surface area contributed by atoms with E-state index in [9.17, 15) is 4.79 Å². The number of hydrogen-bond acceptors (Lipinski definition) is 2. The molecule has 2 heteroatoms. The summed E-state index contributed by atoms with van der Waals surface area (Å²) in [7, 11) is 0. The summed E-state index contributed by atoms with van der Waals surface area (Å²) in [6, 6.07) is 0. The summed E-state index contributed by atoms with van der Waals surface area (Å²) in [4.78, 5) is 13.1. The number of rotatable bonds is 0. The third-order valence-electron chi connectivity index (χ3n) is 8.52. The number of ether oxygens (including phenoxy) is 1. The Labute approximate surface area is 133 Å². The van der Waals surface area contributed by atoms with Crippen LogP contribution in [-0.4, -0.2) is 12.6 Å². The van der Waals surface area contributed by atoms with Gasteiger partial charge in [0, 0.05) is 5.41 Å². The van der Waals surface area contributed by atoms with Gasteiger partial charge in [0.25, 0.3) is 0 Å². The van der Waals surface area contributed by atoms with Crippen LogP contribution in [0.25, 0.3) is 0 Å². The molecule has 5 rings (SSSR count). The van der Waals surface area contributed by atoms with Gasteiger partial charge in [-0.3, -0.25) is 4.79 Å². The molecule has 1 heterocycles. The molecule has 0 radical (unpaired) electrons. The summed E-state index contributed by atoms with van der Waals surface area (Å²) in [5, 5.41) is 0. The fourth-order valence-electron chi connectivity index (χ4n) is 7.71. The van der Waals surface area contributed by atoms with Gasteiger partial charge in [-0.2, -0.15) is 0 Å². The molecular weight excluding hydrogens is 272 g/mol. The number of cyclic esters (lactones) is 1. The van der Waals surface area contributed by atoms with Crippen molar-refractivity contribution in [2.24, 2.45) is 34.0 Å². The topological polar surface area (TPSA) is 26.3 Å². The van der Waals surface area contributed by atoms with Crippen LogP contribution in [0.5, 0.6) is 0 Å². The van der Waals surface area contributed by atoms with Crippen molar-refractivity contribution in [2.45, 2.75) is 65.2 Å². The second-order valence-electron chi connectivity index (χ2n) is 9.37. The van der Waals surface area contributed by atoms with Crippen molar-refractivity contribution in [1.29, 1.82) is 0 Å². The molecule has 2 nitrogen and oxygen atoms in total. The number of fused-ring (bicyclic) bond motifs is 1. The summed E-state index contributed by atoms with van der Waals surface area (Å²) in [5.41, 5.74) is 2.05. The molecular formula is C20H28O2. The van der Waals surface area contributed by atoms with Gasteiger partial charge in [-0.05, 0) is 75.0 Å². The Morgan fingerprint density at radius 1 is 1.14 bits per heavy atom. The van der Waals surface area contributed by atoms with Crippen molar-refractivity contribution in [1.82, 2.24) is 0 Å². The lowest BCUT2D eigenvalue weighted by molar-refractivity contribution is -0.228. The first-order chi connectivity index (χ1) is 10.5. The standard InChI is InChI=1S/C20H28O2/c1-13-10-19-9-6-15-18(2)7-3-8-20(15,17(21)22-12-18)16(19)5-4-14(13)11-19/h10,14-16H,3-9,11-12H2,1-2H3/t14-,15-,16-,18-,19-,20+/m1/s1. The highest BCUT2D eigenvalue weighted by atomic mass is 16.5. The number of carbonyl (C=O) groups excluding carboxylic acids is 1. The summed E-state index contributed by atoms with van der Waals surface area (Å²) in [6.07, 6.45) is 12.6. The highest BCUT2D eigenvalue weighted by molar-refractivity contribution is 5.79. The van der Waals surface area contributed by atoms with Crippen LogP contribution in [0.1, 0.15) is 65.2 Å². The normalized spacial score (nSPS) is 55.8. The molecule has 1 saturated heterocycles. The van der Waals surface area contributed by atoms with E-state index < -0.39 is 0 Å². The maximum Gasteiger partial charge on any atom is 0.312 e. The maximum atomic E-state index is 13.1. The fourth-order valence-corrected chi connectivity index (χ4v) is 7.71. The molecule has 120 valence electrons. The van der Waals surface area contributed by atoms with Crippen molar-refractivity contribution in [3.8, 4) is 0 Å². The predicted octanol–water partition coefficient (Wildman–Crippen LogP) is 4.49. The molecule has 1 spiro atoms. The molecule has 0 aromatic rings. The van der Waals surface area contributed by atoms with E-state index in [-0.39, 0.29) is 16.8 Å². The summed E-state index contributed by atoms with van der Waals surface area (Å²) in [6.45, 7) is 5.41. The third kappa shape index (κ3) is 1.37. The van der Waals surface area contributed by atoms with Crippen LogP contribution < -0.4 is 0 Å². The zero-order chi connectivity index (χ0) is 15.2. The van der Waals surface area contributed by atoms with E-state index in [1.54, 1.807) is 5.57 Å². The van der Waals surface area contributed by atoms with E-state index in [1.165, 1.54) is 44.9 Å². The molecule has 0 amide bonds. The van der Waals surface area contributed by atoms with Crippen molar-refractivity contribution >= 4 is 5.97 Å². The molecule has 1 aliphatic heterocycles. The largest absolute Gasteiger partial charge is 0.465 e. The van der Waals surface area contributed by atoms with E-state index in [1.807, 2.05) is 0 Å². The molecule has 4 bridgehead atoms. The van der Waals surface area contributed by atoms with Gasteiger partial charge in [-0.15, -0.1) is 0 Å². The summed E-state index contributed by atoms with van der Waals surface area (Å²) < 4.78 is 5.83. The van der Waals surface area contributed by atoms with Crippen LogP contribution in [0, 0.1) is 34.0 Å². The zero-order valence-corrected chi connectivity index (χ0v) is 14.0. The van der Waals surface area contributed by atoms with Gasteiger partial charge in [-0.1, -0.05) is 25.0 Å². The first-order valence-electron chi connectivity index (χ1n) is 9.37. The van der Waals surface area contributed by atoms with E-state index in [0.717, 1.165) is 12.3 Å². The van der Waals surface area contributed by atoms with E-state index in [0.29, 0.717) is 23.9 Å². The molecule has 4 fully saturated rings. The van der Waals surface area contributed by atoms with Crippen LogP contribution in [0.2, 0.25) is 0 Å². The Morgan fingerprint density at radius 2 is 2.00 bits per heavy atom. The predicted molar refractivity (Wildman–Crippen MR) is 85.1 cm³/mol. The third-order valence-corrected chi connectivity index (χ3v) is 8.52. The zero-order valence-electron chi connectivity index (χ0n) is 14.0. The van der Waals surface area contributed by atoms with Crippen LogP contribution in [0.15, 0.2) is 11.6 Å².